The van der Waals surface area contributed by atoms with Crippen LogP contribution < -0.4 is 0 Å². The highest BCUT2D eigenvalue weighted by atomic mass is 28.4. The number of aryl methyl sites for hydroxylation is 1. The number of carbonyl (C=O) groups is 2. The second-order valence-corrected chi connectivity index (χ2v) is 17.2. The van der Waals surface area contributed by atoms with Gasteiger partial charge in [-0.25, -0.2) is 0 Å². The summed E-state index contributed by atoms with van der Waals surface area (Å²) in [6.45, 7) is 17.6. The van der Waals surface area contributed by atoms with Crippen LogP contribution in [-0.4, -0.2) is 49.9 Å². The van der Waals surface area contributed by atoms with Crippen LogP contribution in [0, 0.1) is 11.8 Å². The molecule has 2 amide bonds. The molecule has 2 heterocycles. The average Bonchev–Trinajstić information content (AvgIpc) is 3.30. The number of benzene rings is 2. The van der Waals surface area contributed by atoms with Crippen molar-refractivity contribution in [2.45, 2.75) is 83.4 Å². The summed E-state index contributed by atoms with van der Waals surface area (Å²) in [5.74, 6) is 0.180. The molecular formula is C32H43NO4Si. The molecule has 4 rings (SSSR count). The zero-order valence-corrected chi connectivity index (χ0v) is 24.8. The third-order valence-corrected chi connectivity index (χ3v) is 13.4. The van der Waals surface area contributed by atoms with Crippen LogP contribution in [0.15, 0.2) is 67.3 Å². The maximum absolute atomic E-state index is 13.2. The Bertz CT molecular complexity index is 1120. The van der Waals surface area contributed by atoms with E-state index in [-0.39, 0.29) is 41.7 Å². The first kappa shape index (κ1) is 28.5. The molecule has 5 atom stereocenters. The molecule has 2 aromatic rings. The number of amides is 2. The molecule has 0 spiro atoms. The molecule has 0 N–H and O–H groups in total. The Morgan fingerprint density at radius 3 is 2.16 bits per heavy atom. The van der Waals surface area contributed by atoms with E-state index in [1.54, 1.807) is 24.3 Å². The highest BCUT2D eigenvalue weighted by Crippen LogP contribution is 2.41. The summed E-state index contributed by atoms with van der Waals surface area (Å²) in [7, 11) is -2.18. The lowest BCUT2D eigenvalue weighted by Gasteiger charge is -2.40. The molecule has 0 bridgehead atoms. The van der Waals surface area contributed by atoms with E-state index in [0.29, 0.717) is 29.4 Å². The van der Waals surface area contributed by atoms with Crippen molar-refractivity contribution in [3.8, 4) is 0 Å². The maximum atomic E-state index is 13.2. The summed E-state index contributed by atoms with van der Waals surface area (Å²) >= 11 is 0. The third-order valence-electron chi connectivity index (χ3n) is 8.88. The van der Waals surface area contributed by atoms with Crippen LogP contribution in [0.4, 0.5) is 0 Å². The molecule has 6 heteroatoms. The van der Waals surface area contributed by atoms with Crippen molar-refractivity contribution >= 4 is 20.1 Å². The molecule has 2 aliphatic heterocycles. The monoisotopic (exact) mass is 533 g/mol. The minimum Gasteiger partial charge on any atom is -0.412 e. The molecule has 0 aromatic heterocycles. The first-order valence-corrected chi connectivity index (χ1v) is 16.8. The van der Waals surface area contributed by atoms with Gasteiger partial charge in [-0.15, -0.1) is 6.58 Å². The Balaban J connectivity index is 1.52. The Morgan fingerprint density at radius 1 is 1.03 bits per heavy atom. The van der Waals surface area contributed by atoms with Crippen molar-refractivity contribution < 1.29 is 18.8 Å². The van der Waals surface area contributed by atoms with E-state index in [4.69, 9.17) is 9.16 Å². The highest BCUT2D eigenvalue weighted by molar-refractivity contribution is 6.74. The van der Waals surface area contributed by atoms with Crippen molar-refractivity contribution in [2.75, 3.05) is 6.54 Å². The Hall–Kier alpha value is -2.54. The lowest BCUT2D eigenvalue weighted by Crippen LogP contribution is -2.49. The van der Waals surface area contributed by atoms with E-state index in [1.807, 2.05) is 12.1 Å². The third kappa shape index (κ3) is 5.87. The van der Waals surface area contributed by atoms with E-state index in [9.17, 15) is 9.59 Å². The largest absolute Gasteiger partial charge is 0.412 e. The molecule has 1 saturated heterocycles. The van der Waals surface area contributed by atoms with Gasteiger partial charge < -0.3 is 9.16 Å². The number of nitrogens with zero attached hydrogens (tertiary/aromatic N) is 1. The van der Waals surface area contributed by atoms with E-state index >= 15 is 0 Å². The lowest BCUT2D eigenvalue weighted by atomic mass is 9.83. The summed E-state index contributed by atoms with van der Waals surface area (Å²) in [5, 5.41) is -0.00272. The summed E-state index contributed by atoms with van der Waals surface area (Å²) in [5.41, 5.74) is 2.28. The number of imide groups is 1. The minimum absolute atomic E-state index is 0.00272. The number of hydrogen-bond acceptors (Lipinski definition) is 4. The smallest absolute Gasteiger partial charge is 0.261 e. The molecule has 2 aromatic carbocycles. The van der Waals surface area contributed by atoms with E-state index in [2.05, 4.69) is 71.6 Å². The first-order chi connectivity index (χ1) is 17.9. The first-order valence-electron chi connectivity index (χ1n) is 13.9. The molecule has 0 aliphatic carbocycles. The predicted molar refractivity (Wildman–Crippen MR) is 155 cm³/mol. The van der Waals surface area contributed by atoms with Gasteiger partial charge in [-0.2, -0.15) is 0 Å². The Morgan fingerprint density at radius 2 is 1.61 bits per heavy atom. The average molecular weight is 534 g/mol. The molecule has 2 aliphatic rings. The fourth-order valence-electron chi connectivity index (χ4n) is 5.53. The zero-order valence-electron chi connectivity index (χ0n) is 23.8. The van der Waals surface area contributed by atoms with Crippen LogP contribution in [-0.2, 0) is 15.6 Å². The Labute approximate surface area is 229 Å². The second kappa shape index (κ2) is 11.3. The standard InChI is InChI=1S/C32H43NO4Si/c1-8-28-25(19-18-23-14-10-9-11-15-23)22(2)29(36-28)20-24(37-38(6,7)32(3,4)5)21-33-30(34)26-16-12-13-17-27(26)31(33)35/h8-17,22,24-25,28-29H,1,18-21H2,2-7H3/t22-,24?,25?,28+,29-/m1/s1. The van der Waals surface area contributed by atoms with Gasteiger partial charge in [0.2, 0.25) is 0 Å². The van der Waals surface area contributed by atoms with Gasteiger partial charge in [0, 0.05) is 6.42 Å². The fourth-order valence-corrected chi connectivity index (χ4v) is 6.89. The van der Waals surface area contributed by atoms with E-state index in [0.717, 1.165) is 12.8 Å². The number of carbonyl (C=O) groups excluding carboxylic acids is 2. The topological polar surface area (TPSA) is 55.8 Å². The van der Waals surface area contributed by atoms with Crippen LogP contribution in [0.5, 0.6) is 0 Å². The SMILES string of the molecule is C=C[C@@H]1O[C@H](CC(CN2C(=O)c3ccccc3C2=O)O[Si](C)(C)C(C)(C)C)[C@H](C)C1CCc1ccccc1. The fraction of sp³-hybridized carbons (Fsp3) is 0.500. The number of fused-ring (bicyclic) bond motifs is 1. The van der Waals surface area contributed by atoms with Gasteiger partial charge in [0.15, 0.2) is 8.32 Å². The summed E-state index contributed by atoms with van der Waals surface area (Å²) in [4.78, 5) is 27.8. The molecule has 38 heavy (non-hydrogen) atoms. The molecular weight excluding hydrogens is 490 g/mol. The molecule has 204 valence electrons. The minimum atomic E-state index is -2.18. The quantitative estimate of drug-likeness (QED) is 0.189. The van der Waals surface area contributed by atoms with Crippen molar-refractivity contribution in [2.24, 2.45) is 11.8 Å². The summed E-state index contributed by atoms with van der Waals surface area (Å²) in [6, 6.07) is 17.6. The van der Waals surface area contributed by atoms with Crippen LogP contribution in [0.25, 0.3) is 0 Å². The van der Waals surface area contributed by atoms with Crippen molar-refractivity contribution in [3.05, 3.63) is 83.9 Å². The normalized spacial score (nSPS) is 24.5. The van der Waals surface area contributed by atoms with E-state index < -0.39 is 8.32 Å². The van der Waals surface area contributed by atoms with Crippen molar-refractivity contribution in [1.82, 2.24) is 4.90 Å². The van der Waals surface area contributed by atoms with E-state index in [1.165, 1.54) is 10.5 Å². The van der Waals surface area contributed by atoms with Gasteiger partial charge in [0.1, 0.15) is 0 Å². The maximum Gasteiger partial charge on any atom is 0.261 e. The number of ether oxygens (including phenoxy) is 1. The summed E-state index contributed by atoms with van der Waals surface area (Å²) < 4.78 is 13.5. The molecule has 2 unspecified atom stereocenters. The van der Waals surface area contributed by atoms with Crippen LogP contribution >= 0.6 is 0 Å². The lowest BCUT2D eigenvalue weighted by molar-refractivity contribution is 0.0115. The number of hydrogen-bond donors (Lipinski definition) is 0. The Kier molecular flexibility index (Phi) is 8.45. The van der Waals surface area contributed by atoms with Crippen molar-refractivity contribution in [1.29, 1.82) is 0 Å². The van der Waals surface area contributed by atoms with Crippen LogP contribution in [0.3, 0.4) is 0 Å². The molecule has 0 saturated carbocycles. The second-order valence-electron chi connectivity index (χ2n) is 12.4. The van der Waals surface area contributed by atoms with Gasteiger partial charge >= 0.3 is 0 Å². The van der Waals surface area contributed by atoms with Crippen molar-refractivity contribution in [3.63, 3.8) is 0 Å². The van der Waals surface area contributed by atoms with Crippen LogP contribution in [0.2, 0.25) is 18.1 Å². The molecule has 0 radical (unpaired) electrons. The zero-order chi connectivity index (χ0) is 27.7. The van der Waals surface area contributed by atoms with Gasteiger partial charge in [-0.3, -0.25) is 14.5 Å². The number of rotatable bonds is 10. The molecule has 5 nitrogen and oxygen atoms in total. The predicted octanol–water partition coefficient (Wildman–Crippen LogP) is 6.90. The molecule has 1 fully saturated rings. The van der Waals surface area contributed by atoms with Gasteiger partial charge in [0.25, 0.3) is 11.8 Å². The van der Waals surface area contributed by atoms with Crippen LogP contribution in [0.1, 0.15) is 66.8 Å². The summed E-state index contributed by atoms with van der Waals surface area (Å²) in [6.07, 6.45) is 4.21. The van der Waals surface area contributed by atoms with Gasteiger partial charge in [-0.1, -0.05) is 76.2 Å². The van der Waals surface area contributed by atoms with Gasteiger partial charge in [-0.05, 0) is 60.5 Å². The highest BCUT2D eigenvalue weighted by Gasteiger charge is 2.45. The van der Waals surface area contributed by atoms with Gasteiger partial charge in [0.05, 0.1) is 36.0 Å².